The van der Waals surface area contributed by atoms with Gasteiger partial charge in [0.1, 0.15) is 6.23 Å². The fraction of sp³-hybridized carbons (Fsp3) is 0.529. The third kappa shape index (κ3) is 3.47. The molecule has 0 N–H and O–H groups in total. The van der Waals surface area contributed by atoms with E-state index in [1.807, 2.05) is 51.1 Å². The van der Waals surface area contributed by atoms with E-state index in [4.69, 9.17) is 9.47 Å². The van der Waals surface area contributed by atoms with E-state index in [9.17, 15) is 9.59 Å². The predicted molar refractivity (Wildman–Crippen MR) is 82.0 cm³/mol. The minimum absolute atomic E-state index is 0.126. The van der Waals surface area contributed by atoms with Crippen molar-refractivity contribution >= 4 is 11.9 Å². The van der Waals surface area contributed by atoms with E-state index < -0.39 is 18.2 Å². The zero-order chi connectivity index (χ0) is 16.3. The highest BCUT2D eigenvalue weighted by Crippen LogP contribution is 2.32. The summed E-state index contributed by atoms with van der Waals surface area (Å²) in [6.45, 7) is 6.13. The Balaban J connectivity index is 2.23. The van der Waals surface area contributed by atoms with Crippen LogP contribution in [-0.4, -0.2) is 42.8 Å². The number of hydrogen-bond donors (Lipinski definition) is 0. The summed E-state index contributed by atoms with van der Waals surface area (Å²) in [5.74, 6) is -0.563. The van der Waals surface area contributed by atoms with E-state index in [1.54, 1.807) is 4.90 Å². The molecular weight excluding hydrogens is 282 g/mol. The molecule has 2 atom stereocenters. The largest absolute Gasteiger partial charge is 0.467 e. The van der Waals surface area contributed by atoms with Gasteiger partial charge in [0.15, 0.2) is 6.04 Å². The van der Waals surface area contributed by atoms with E-state index in [-0.39, 0.29) is 24.3 Å². The van der Waals surface area contributed by atoms with Gasteiger partial charge in [-0.1, -0.05) is 51.1 Å². The molecule has 22 heavy (non-hydrogen) atoms. The Bertz CT molecular complexity index is 535. The summed E-state index contributed by atoms with van der Waals surface area (Å²) in [4.78, 5) is 26.2. The number of carbonyl (C=O) groups is 2. The Morgan fingerprint density at radius 3 is 2.45 bits per heavy atom. The summed E-state index contributed by atoms with van der Waals surface area (Å²) < 4.78 is 10.5. The molecule has 0 aliphatic carbocycles. The first-order valence-electron chi connectivity index (χ1n) is 7.39. The second kappa shape index (κ2) is 6.48. The molecule has 1 saturated heterocycles. The average molecular weight is 305 g/mol. The van der Waals surface area contributed by atoms with E-state index in [1.165, 1.54) is 7.11 Å². The standard InChI is InChI=1S/C17H23NO4/c1-17(2,3)16-18(13(11-22-16)15(20)21-4)14(19)10-12-8-6-5-7-9-12/h5-9,13,16H,10-11H2,1-4H3/t13-,16+/m0/s1. The van der Waals surface area contributed by atoms with Gasteiger partial charge in [-0.3, -0.25) is 9.69 Å². The molecule has 2 rings (SSSR count). The summed E-state index contributed by atoms with van der Waals surface area (Å²) in [5, 5.41) is 0. The molecule has 5 nitrogen and oxygen atoms in total. The predicted octanol–water partition coefficient (Wildman–Crippen LogP) is 2.00. The third-order valence-electron chi connectivity index (χ3n) is 3.70. The third-order valence-corrected chi connectivity index (χ3v) is 3.70. The topological polar surface area (TPSA) is 55.8 Å². The van der Waals surface area contributed by atoms with E-state index in [0.717, 1.165) is 5.56 Å². The fourth-order valence-electron chi connectivity index (χ4n) is 2.66. The van der Waals surface area contributed by atoms with Crippen LogP contribution in [-0.2, 0) is 25.5 Å². The maximum atomic E-state index is 12.7. The van der Waals surface area contributed by atoms with Gasteiger partial charge in [0.05, 0.1) is 20.1 Å². The van der Waals surface area contributed by atoms with Crippen molar-refractivity contribution in [1.29, 1.82) is 0 Å². The van der Waals surface area contributed by atoms with Crippen LogP contribution in [0.2, 0.25) is 0 Å². The Labute approximate surface area is 131 Å². The molecule has 0 aromatic heterocycles. The van der Waals surface area contributed by atoms with Gasteiger partial charge in [0.25, 0.3) is 0 Å². The number of ether oxygens (including phenoxy) is 2. The molecule has 0 spiro atoms. The van der Waals surface area contributed by atoms with Crippen molar-refractivity contribution in [3.63, 3.8) is 0 Å². The lowest BCUT2D eigenvalue weighted by Gasteiger charge is -2.35. The molecule has 1 amide bonds. The maximum Gasteiger partial charge on any atom is 0.331 e. The van der Waals surface area contributed by atoms with Crippen molar-refractivity contribution in [1.82, 2.24) is 4.90 Å². The van der Waals surface area contributed by atoms with Crippen LogP contribution >= 0.6 is 0 Å². The monoisotopic (exact) mass is 305 g/mol. The minimum Gasteiger partial charge on any atom is -0.467 e. The van der Waals surface area contributed by atoms with Crippen molar-refractivity contribution in [3.05, 3.63) is 35.9 Å². The highest BCUT2D eigenvalue weighted by Gasteiger charge is 2.47. The fourth-order valence-corrected chi connectivity index (χ4v) is 2.66. The van der Waals surface area contributed by atoms with Crippen LogP contribution in [0.25, 0.3) is 0 Å². The van der Waals surface area contributed by atoms with Gasteiger partial charge >= 0.3 is 5.97 Å². The SMILES string of the molecule is COC(=O)[C@@H]1CO[C@H](C(C)(C)C)N1C(=O)Cc1ccccc1. The molecule has 0 bridgehead atoms. The van der Waals surface area contributed by atoms with Gasteiger partial charge in [-0.15, -0.1) is 0 Å². The molecule has 5 heteroatoms. The lowest BCUT2D eigenvalue weighted by molar-refractivity contribution is -0.155. The van der Waals surface area contributed by atoms with Gasteiger partial charge in [0, 0.05) is 5.41 Å². The van der Waals surface area contributed by atoms with Crippen molar-refractivity contribution in [2.24, 2.45) is 5.41 Å². The quantitative estimate of drug-likeness (QED) is 0.802. The van der Waals surface area contributed by atoms with E-state index in [0.29, 0.717) is 0 Å². The lowest BCUT2D eigenvalue weighted by Crippen LogP contribution is -2.51. The van der Waals surface area contributed by atoms with Gasteiger partial charge in [-0.25, -0.2) is 4.79 Å². The lowest BCUT2D eigenvalue weighted by atomic mass is 9.92. The van der Waals surface area contributed by atoms with Crippen LogP contribution in [0.5, 0.6) is 0 Å². The molecule has 0 saturated carbocycles. The number of carbonyl (C=O) groups excluding carboxylic acids is 2. The molecule has 1 aliphatic rings. The highest BCUT2D eigenvalue weighted by atomic mass is 16.5. The number of nitrogens with zero attached hydrogens (tertiary/aromatic N) is 1. The first-order chi connectivity index (χ1) is 10.3. The smallest absolute Gasteiger partial charge is 0.331 e. The van der Waals surface area contributed by atoms with Crippen LogP contribution < -0.4 is 0 Å². The minimum atomic E-state index is -0.676. The molecule has 0 unspecified atom stereocenters. The van der Waals surface area contributed by atoms with Crippen LogP contribution in [0.3, 0.4) is 0 Å². The first kappa shape index (κ1) is 16.5. The van der Waals surface area contributed by atoms with Crippen LogP contribution in [0.4, 0.5) is 0 Å². The summed E-state index contributed by atoms with van der Waals surface area (Å²) >= 11 is 0. The number of amides is 1. The Hall–Kier alpha value is -1.88. The first-order valence-corrected chi connectivity index (χ1v) is 7.39. The molecular formula is C17H23NO4. The molecule has 1 fully saturated rings. The van der Waals surface area contributed by atoms with Crippen molar-refractivity contribution in [2.45, 2.75) is 39.5 Å². The maximum absolute atomic E-state index is 12.7. The van der Waals surface area contributed by atoms with Gasteiger partial charge in [-0.05, 0) is 5.56 Å². The second-order valence-electron chi connectivity index (χ2n) is 6.55. The summed E-state index contributed by atoms with van der Waals surface area (Å²) in [5.41, 5.74) is 0.630. The average Bonchev–Trinajstić information content (AvgIpc) is 2.92. The van der Waals surface area contributed by atoms with E-state index in [2.05, 4.69) is 0 Å². The molecule has 120 valence electrons. The number of rotatable bonds is 3. The van der Waals surface area contributed by atoms with Gasteiger partial charge < -0.3 is 9.47 Å². The van der Waals surface area contributed by atoms with Gasteiger partial charge in [0.2, 0.25) is 5.91 Å². The zero-order valence-corrected chi connectivity index (χ0v) is 13.5. The number of methoxy groups -OCH3 is 1. The van der Waals surface area contributed by atoms with Crippen LogP contribution in [0.1, 0.15) is 26.3 Å². The normalized spacial score (nSPS) is 21.7. The number of esters is 1. The zero-order valence-electron chi connectivity index (χ0n) is 13.5. The molecule has 1 heterocycles. The molecule has 0 radical (unpaired) electrons. The van der Waals surface area contributed by atoms with Crippen molar-refractivity contribution < 1.29 is 19.1 Å². The number of hydrogen-bond acceptors (Lipinski definition) is 4. The van der Waals surface area contributed by atoms with Gasteiger partial charge in [-0.2, -0.15) is 0 Å². The van der Waals surface area contributed by atoms with Crippen LogP contribution in [0, 0.1) is 5.41 Å². The van der Waals surface area contributed by atoms with Crippen molar-refractivity contribution in [2.75, 3.05) is 13.7 Å². The Morgan fingerprint density at radius 1 is 1.27 bits per heavy atom. The van der Waals surface area contributed by atoms with Crippen molar-refractivity contribution in [3.8, 4) is 0 Å². The molecule has 1 aromatic carbocycles. The second-order valence-corrected chi connectivity index (χ2v) is 6.55. The molecule has 1 aromatic rings. The molecule has 1 aliphatic heterocycles. The summed E-state index contributed by atoms with van der Waals surface area (Å²) in [6.07, 6.45) is -0.197. The Morgan fingerprint density at radius 2 is 1.91 bits per heavy atom. The number of benzene rings is 1. The Kier molecular flexibility index (Phi) is 4.86. The highest BCUT2D eigenvalue weighted by molar-refractivity contribution is 5.86. The van der Waals surface area contributed by atoms with E-state index >= 15 is 0 Å². The summed E-state index contributed by atoms with van der Waals surface area (Å²) in [7, 11) is 1.33. The summed E-state index contributed by atoms with van der Waals surface area (Å²) in [6, 6.07) is 8.81. The van der Waals surface area contributed by atoms with Crippen LogP contribution in [0.15, 0.2) is 30.3 Å².